The van der Waals surface area contributed by atoms with E-state index in [1.165, 1.54) is 89.9 Å². The van der Waals surface area contributed by atoms with Gasteiger partial charge >= 0.3 is 0 Å². The fraction of sp³-hybridized carbons (Fsp3) is 1.00. The summed E-state index contributed by atoms with van der Waals surface area (Å²) in [6.07, 6.45) is 21.1. The zero-order valence-corrected chi connectivity index (χ0v) is 12.3. The van der Waals surface area contributed by atoms with Crippen LogP contribution in [0.2, 0.25) is 0 Å². The van der Waals surface area contributed by atoms with E-state index in [1.54, 1.807) is 0 Å². The lowest BCUT2D eigenvalue weighted by atomic mass is 10.00. The Bertz CT molecular complexity index is 154. The third kappa shape index (κ3) is 5.68. The minimum Gasteiger partial charge on any atom is -0.155 e. The maximum Gasteiger partial charge on any atom is 0.00498 e. The van der Waals surface area contributed by atoms with E-state index >= 15 is 0 Å². The van der Waals surface area contributed by atoms with Gasteiger partial charge in [-0.3, -0.25) is 0 Å². The van der Waals surface area contributed by atoms with Gasteiger partial charge in [-0.15, -0.1) is 0 Å². The van der Waals surface area contributed by atoms with Crippen molar-refractivity contribution in [1.82, 2.24) is 0 Å². The second-order valence-corrected chi connectivity index (χ2v) is 7.68. The van der Waals surface area contributed by atoms with Crippen molar-refractivity contribution in [2.24, 2.45) is 0 Å². The lowest BCUT2D eigenvalue weighted by Gasteiger charge is -2.26. The van der Waals surface area contributed by atoms with Gasteiger partial charge in [-0.25, -0.2) is 0 Å². The molecule has 0 amide bonds. The van der Waals surface area contributed by atoms with E-state index < -0.39 is 0 Å². The molecule has 2 aliphatic carbocycles. The van der Waals surface area contributed by atoms with Crippen molar-refractivity contribution >= 4 is 11.8 Å². The normalized spacial score (nSPS) is 26.8. The summed E-state index contributed by atoms with van der Waals surface area (Å²) in [5.41, 5.74) is 0. The summed E-state index contributed by atoms with van der Waals surface area (Å²) in [6.45, 7) is 0. The molecule has 0 nitrogen and oxygen atoms in total. The van der Waals surface area contributed by atoms with Gasteiger partial charge < -0.3 is 0 Å². The number of rotatable bonds is 2. The molecule has 0 saturated heterocycles. The molecule has 2 fully saturated rings. The van der Waals surface area contributed by atoms with Crippen molar-refractivity contribution in [2.45, 2.75) is 100 Å². The molecule has 0 spiro atoms. The molecule has 0 bridgehead atoms. The quantitative estimate of drug-likeness (QED) is 0.587. The van der Waals surface area contributed by atoms with E-state index in [9.17, 15) is 0 Å². The van der Waals surface area contributed by atoms with Crippen molar-refractivity contribution in [1.29, 1.82) is 0 Å². The van der Waals surface area contributed by atoms with Crippen molar-refractivity contribution < 1.29 is 0 Å². The molecule has 2 aliphatic rings. The van der Waals surface area contributed by atoms with E-state index in [-0.39, 0.29) is 0 Å². The Morgan fingerprint density at radius 2 is 0.706 bits per heavy atom. The molecule has 0 radical (unpaired) electrons. The Kier molecular flexibility index (Phi) is 6.85. The van der Waals surface area contributed by atoms with E-state index in [0.29, 0.717) is 0 Å². The van der Waals surface area contributed by atoms with Crippen molar-refractivity contribution in [3.8, 4) is 0 Å². The first-order valence-electron chi connectivity index (χ1n) is 8.10. The average molecular weight is 254 g/mol. The Labute approximate surface area is 112 Å². The first kappa shape index (κ1) is 13.8. The molecule has 0 heterocycles. The molecule has 100 valence electrons. The number of hydrogen-bond donors (Lipinski definition) is 0. The molecule has 0 unspecified atom stereocenters. The maximum atomic E-state index is 2.39. The van der Waals surface area contributed by atoms with Crippen LogP contribution in [0, 0.1) is 0 Å². The Morgan fingerprint density at radius 1 is 0.412 bits per heavy atom. The van der Waals surface area contributed by atoms with E-state index in [0.717, 1.165) is 10.5 Å². The second-order valence-electron chi connectivity index (χ2n) is 6.07. The van der Waals surface area contributed by atoms with Crippen LogP contribution >= 0.6 is 11.8 Å². The van der Waals surface area contributed by atoms with Gasteiger partial charge in [0.1, 0.15) is 0 Å². The van der Waals surface area contributed by atoms with Crippen LogP contribution in [-0.2, 0) is 0 Å². The molecule has 2 rings (SSSR count). The van der Waals surface area contributed by atoms with Crippen LogP contribution in [0.4, 0.5) is 0 Å². The summed E-state index contributed by atoms with van der Waals surface area (Å²) in [5.74, 6) is 0. The van der Waals surface area contributed by atoms with Crippen molar-refractivity contribution in [2.75, 3.05) is 0 Å². The van der Waals surface area contributed by atoms with E-state index in [2.05, 4.69) is 11.8 Å². The lowest BCUT2D eigenvalue weighted by molar-refractivity contribution is 0.497. The van der Waals surface area contributed by atoms with Crippen LogP contribution in [0.5, 0.6) is 0 Å². The summed E-state index contributed by atoms with van der Waals surface area (Å²) in [5, 5.41) is 2.03. The number of hydrogen-bond acceptors (Lipinski definition) is 1. The first-order valence-corrected chi connectivity index (χ1v) is 9.05. The van der Waals surface area contributed by atoms with Gasteiger partial charge in [0.25, 0.3) is 0 Å². The van der Waals surface area contributed by atoms with Gasteiger partial charge in [0.2, 0.25) is 0 Å². The standard InChI is InChI=1S/C16H30S/c1-3-7-11-15(12-8-4-1)17-16-13-9-5-2-6-10-14-16/h15-16H,1-14H2. The first-order chi connectivity index (χ1) is 8.45. The molecule has 2 saturated carbocycles. The van der Waals surface area contributed by atoms with Crippen LogP contribution in [0.3, 0.4) is 0 Å². The van der Waals surface area contributed by atoms with Crippen LogP contribution in [0.15, 0.2) is 0 Å². The molecule has 17 heavy (non-hydrogen) atoms. The van der Waals surface area contributed by atoms with Gasteiger partial charge in [-0.2, -0.15) is 11.8 Å². The molecule has 0 atom stereocenters. The second kappa shape index (κ2) is 8.45. The molecule has 0 aliphatic heterocycles. The highest BCUT2D eigenvalue weighted by Crippen LogP contribution is 2.35. The number of thioether (sulfide) groups is 1. The molecule has 0 aromatic rings. The van der Waals surface area contributed by atoms with Gasteiger partial charge in [-0.1, -0.05) is 64.2 Å². The minimum absolute atomic E-state index is 1.01. The van der Waals surface area contributed by atoms with Crippen LogP contribution in [-0.4, -0.2) is 10.5 Å². The van der Waals surface area contributed by atoms with Gasteiger partial charge in [0, 0.05) is 10.5 Å². The fourth-order valence-corrected chi connectivity index (χ4v) is 5.14. The van der Waals surface area contributed by atoms with Crippen LogP contribution in [0.1, 0.15) is 89.9 Å². The van der Waals surface area contributed by atoms with Gasteiger partial charge in [0.05, 0.1) is 0 Å². The average Bonchev–Trinajstić information content (AvgIpc) is 2.24. The fourth-order valence-electron chi connectivity index (χ4n) is 3.38. The predicted octanol–water partition coefficient (Wildman–Crippen LogP) is 5.95. The zero-order valence-electron chi connectivity index (χ0n) is 11.5. The third-order valence-corrected chi connectivity index (χ3v) is 6.20. The monoisotopic (exact) mass is 254 g/mol. The van der Waals surface area contributed by atoms with Gasteiger partial charge in [-0.05, 0) is 25.7 Å². The smallest absolute Gasteiger partial charge is 0.00498 e. The topological polar surface area (TPSA) is 0 Å². The summed E-state index contributed by atoms with van der Waals surface area (Å²) in [6, 6.07) is 0. The summed E-state index contributed by atoms with van der Waals surface area (Å²) < 4.78 is 0. The highest BCUT2D eigenvalue weighted by molar-refractivity contribution is 8.00. The zero-order chi connectivity index (χ0) is 11.8. The van der Waals surface area contributed by atoms with E-state index in [4.69, 9.17) is 0 Å². The van der Waals surface area contributed by atoms with Crippen molar-refractivity contribution in [3.63, 3.8) is 0 Å². The van der Waals surface area contributed by atoms with Gasteiger partial charge in [0.15, 0.2) is 0 Å². The Hall–Kier alpha value is 0.350. The molecule has 0 N–H and O–H groups in total. The predicted molar refractivity (Wildman–Crippen MR) is 79.8 cm³/mol. The molecule has 0 aromatic heterocycles. The third-order valence-electron chi connectivity index (χ3n) is 4.49. The molecular weight excluding hydrogens is 224 g/mol. The highest BCUT2D eigenvalue weighted by Gasteiger charge is 2.18. The van der Waals surface area contributed by atoms with E-state index in [1.807, 2.05) is 0 Å². The SMILES string of the molecule is C1CCCC(SC2CCCCCCC2)CCC1. The highest BCUT2D eigenvalue weighted by atomic mass is 32.2. The van der Waals surface area contributed by atoms with Crippen LogP contribution in [0.25, 0.3) is 0 Å². The largest absolute Gasteiger partial charge is 0.155 e. The Morgan fingerprint density at radius 3 is 1.06 bits per heavy atom. The minimum atomic E-state index is 1.01. The summed E-state index contributed by atoms with van der Waals surface area (Å²) in [7, 11) is 0. The molecule has 1 heteroatoms. The lowest BCUT2D eigenvalue weighted by Crippen LogP contribution is -2.14. The Balaban J connectivity index is 1.72. The van der Waals surface area contributed by atoms with Crippen molar-refractivity contribution in [3.05, 3.63) is 0 Å². The van der Waals surface area contributed by atoms with Crippen LogP contribution < -0.4 is 0 Å². The summed E-state index contributed by atoms with van der Waals surface area (Å²) >= 11 is 2.39. The summed E-state index contributed by atoms with van der Waals surface area (Å²) in [4.78, 5) is 0. The maximum absolute atomic E-state index is 2.39. The molecule has 0 aromatic carbocycles. The molecular formula is C16H30S.